The molecule has 2 N–H and O–H groups in total. The van der Waals surface area contributed by atoms with Crippen molar-refractivity contribution in [2.45, 2.75) is 13.8 Å². The van der Waals surface area contributed by atoms with Crippen LogP contribution in [0.25, 0.3) is 0 Å². The fourth-order valence-corrected chi connectivity index (χ4v) is 2.85. The molecule has 0 aliphatic carbocycles. The average molecular weight is 396 g/mol. The van der Waals surface area contributed by atoms with Gasteiger partial charge in [0.15, 0.2) is 0 Å². The molecule has 3 aromatic rings. The Labute approximate surface area is 155 Å². The number of benzene rings is 2. The minimum atomic E-state index is -0.181. The normalized spacial score (nSPS) is 10.4. The molecule has 0 bridgehead atoms. The van der Waals surface area contributed by atoms with Gasteiger partial charge >= 0.3 is 0 Å². The van der Waals surface area contributed by atoms with E-state index in [0.29, 0.717) is 5.56 Å². The summed E-state index contributed by atoms with van der Waals surface area (Å²) in [6, 6.07) is 15.5. The van der Waals surface area contributed by atoms with Crippen LogP contribution in [0.3, 0.4) is 0 Å². The second-order valence-electron chi connectivity index (χ2n) is 5.80. The molecule has 1 heterocycles. The lowest BCUT2D eigenvalue weighted by atomic mass is 10.1. The Morgan fingerprint density at radius 3 is 2.60 bits per heavy atom. The molecule has 0 aliphatic heterocycles. The van der Waals surface area contributed by atoms with E-state index < -0.39 is 0 Å². The maximum atomic E-state index is 12.5. The van der Waals surface area contributed by atoms with E-state index >= 15 is 0 Å². The summed E-state index contributed by atoms with van der Waals surface area (Å²) in [5, 5.41) is 6.21. The van der Waals surface area contributed by atoms with Gasteiger partial charge in [-0.15, -0.1) is 0 Å². The van der Waals surface area contributed by atoms with Gasteiger partial charge in [0.1, 0.15) is 0 Å². The monoisotopic (exact) mass is 395 g/mol. The maximum absolute atomic E-state index is 12.5. The number of carbonyl (C=O) groups excluding carboxylic acids is 1. The van der Waals surface area contributed by atoms with Gasteiger partial charge in [-0.3, -0.25) is 9.78 Å². The van der Waals surface area contributed by atoms with Crippen molar-refractivity contribution in [3.63, 3.8) is 0 Å². The number of anilines is 3. The standard InChI is InChI=1S/C20H18BrN3O/c1-13-5-3-8-19(14(13)2)24-20(25)15-9-18(12-22-11-15)23-17-7-4-6-16(21)10-17/h3-12,23H,1-2H3,(H,24,25). The van der Waals surface area contributed by atoms with Crippen molar-refractivity contribution in [1.29, 1.82) is 0 Å². The summed E-state index contributed by atoms with van der Waals surface area (Å²) in [6.45, 7) is 4.02. The van der Waals surface area contributed by atoms with Crippen molar-refractivity contribution in [2.24, 2.45) is 0 Å². The molecule has 0 atom stereocenters. The van der Waals surface area contributed by atoms with Crippen molar-refractivity contribution in [3.8, 4) is 0 Å². The minimum absolute atomic E-state index is 0.181. The number of nitrogens with zero attached hydrogens (tertiary/aromatic N) is 1. The highest BCUT2D eigenvalue weighted by molar-refractivity contribution is 9.10. The third-order valence-corrected chi connectivity index (χ3v) is 4.46. The Kier molecular flexibility index (Phi) is 5.14. The van der Waals surface area contributed by atoms with Gasteiger partial charge in [-0.2, -0.15) is 0 Å². The molecular weight excluding hydrogens is 378 g/mol. The van der Waals surface area contributed by atoms with E-state index in [2.05, 4.69) is 31.5 Å². The summed E-state index contributed by atoms with van der Waals surface area (Å²) in [5.74, 6) is -0.181. The van der Waals surface area contributed by atoms with E-state index in [0.717, 1.165) is 32.7 Å². The molecule has 2 aromatic carbocycles. The van der Waals surface area contributed by atoms with E-state index in [1.54, 1.807) is 18.5 Å². The van der Waals surface area contributed by atoms with Crippen LogP contribution >= 0.6 is 15.9 Å². The smallest absolute Gasteiger partial charge is 0.257 e. The number of hydrogen-bond acceptors (Lipinski definition) is 3. The summed E-state index contributed by atoms with van der Waals surface area (Å²) < 4.78 is 0.981. The summed E-state index contributed by atoms with van der Waals surface area (Å²) in [7, 11) is 0. The molecule has 0 unspecified atom stereocenters. The van der Waals surface area contributed by atoms with Crippen molar-refractivity contribution in [3.05, 3.63) is 82.1 Å². The van der Waals surface area contributed by atoms with Crippen LogP contribution in [0.5, 0.6) is 0 Å². The third-order valence-electron chi connectivity index (χ3n) is 3.97. The van der Waals surface area contributed by atoms with Gasteiger partial charge in [-0.1, -0.05) is 34.1 Å². The topological polar surface area (TPSA) is 54.0 Å². The number of amides is 1. The number of aryl methyl sites for hydroxylation is 1. The van der Waals surface area contributed by atoms with Crippen LogP contribution in [-0.2, 0) is 0 Å². The molecule has 3 rings (SSSR count). The van der Waals surface area contributed by atoms with Gasteiger partial charge in [-0.05, 0) is 55.3 Å². The number of pyridine rings is 1. The number of aromatic nitrogens is 1. The fourth-order valence-electron chi connectivity index (χ4n) is 2.45. The van der Waals surface area contributed by atoms with Crippen molar-refractivity contribution >= 4 is 38.9 Å². The van der Waals surface area contributed by atoms with E-state index in [1.807, 2.05) is 56.3 Å². The minimum Gasteiger partial charge on any atom is -0.354 e. The summed E-state index contributed by atoms with van der Waals surface area (Å²) in [4.78, 5) is 16.7. The molecular formula is C20H18BrN3O. The first-order valence-electron chi connectivity index (χ1n) is 7.88. The fraction of sp³-hybridized carbons (Fsp3) is 0.100. The molecule has 0 saturated carbocycles. The first-order chi connectivity index (χ1) is 12.0. The lowest BCUT2D eigenvalue weighted by Gasteiger charge is -2.11. The highest BCUT2D eigenvalue weighted by atomic mass is 79.9. The number of carbonyl (C=O) groups is 1. The first kappa shape index (κ1) is 17.2. The van der Waals surface area contributed by atoms with Gasteiger partial charge < -0.3 is 10.6 Å². The van der Waals surface area contributed by atoms with Gasteiger partial charge in [0.2, 0.25) is 0 Å². The zero-order valence-corrected chi connectivity index (χ0v) is 15.6. The highest BCUT2D eigenvalue weighted by Crippen LogP contribution is 2.22. The molecule has 0 aliphatic rings. The van der Waals surface area contributed by atoms with E-state index in [-0.39, 0.29) is 5.91 Å². The maximum Gasteiger partial charge on any atom is 0.257 e. The second-order valence-corrected chi connectivity index (χ2v) is 6.71. The lowest BCUT2D eigenvalue weighted by molar-refractivity contribution is 0.102. The van der Waals surface area contributed by atoms with Crippen LogP contribution in [0.2, 0.25) is 0 Å². The van der Waals surface area contributed by atoms with Crippen LogP contribution in [0, 0.1) is 13.8 Å². The Morgan fingerprint density at radius 1 is 1.00 bits per heavy atom. The Bertz CT molecular complexity index is 924. The molecule has 0 saturated heterocycles. The number of rotatable bonds is 4. The number of halogens is 1. The van der Waals surface area contributed by atoms with Crippen LogP contribution in [0.1, 0.15) is 21.5 Å². The Hall–Kier alpha value is -2.66. The zero-order valence-electron chi connectivity index (χ0n) is 14.0. The van der Waals surface area contributed by atoms with E-state index in [4.69, 9.17) is 0 Å². The average Bonchev–Trinajstić information content (AvgIpc) is 2.59. The third kappa shape index (κ3) is 4.25. The molecule has 1 aromatic heterocycles. The van der Waals surface area contributed by atoms with Gasteiger partial charge in [-0.25, -0.2) is 0 Å². The number of nitrogens with one attached hydrogen (secondary N) is 2. The van der Waals surface area contributed by atoms with Gasteiger partial charge in [0, 0.05) is 22.0 Å². The molecule has 0 fully saturated rings. The number of hydrogen-bond donors (Lipinski definition) is 2. The van der Waals surface area contributed by atoms with Crippen molar-refractivity contribution in [2.75, 3.05) is 10.6 Å². The van der Waals surface area contributed by atoms with E-state index in [1.165, 1.54) is 0 Å². The van der Waals surface area contributed by atoms with Crippen molar-refractivity contribution < 1.29 is 4.79 Å². The second kappa shape index (κ2) is 7.49. The molecule has 0 radical (unpaired) electrons. The predicted molar refractivity (Wildman–Crippen MR) is 106 cm³/mol. The van der Waals surface area contributed by atoms with Crippen LogP contribution in [-0.4, -0.2) is 10.9 Å². The molecule has 1 amide bonds. The highest BCUT2D eigenvalue weighted by Gasteiger charge is 2.10. The lowest BCUT2D eigenvalue weighted by Crippen LogP contribution is -2.13. The molecule has 0 spiro atoms. The molecule has 4 nitrogen and oxygen atoms in total. The SMILES string of the molecule is Cc1cccc(NC(=O)c2cncc(Nc3cccc(Br)c3)c2)c1C. The van der Waals surface area contributed by atoms with E-state index in [9.17, 15) is 4.79 Å². The summed E-state index contributed by atoms with van der Waals surface area (Å²) in [6.07, 6.45) is 3.25. The van der Waals surface area contributed by atoms with Gasteiger partial charge in [0.05, 0.1) is 17.4 Å². The molecule has 126 valence electrons. The summed E-state index contributed by atoms with van der Waals surface area (Å²) in [5.41, 5.74) is 5.19. The Balaban J connectivity index is 1.78. The van der Waals surface area contributed by atoms with Crippen LogP contribution in [0.15, 0.2) is 65.4 Å². The van der Waals surface area contributed by atoms with Gasteiger partial charge in [0.25, 0.3) is 5.91 Å². The molecule has 5 heteroatoms. The predicted octanol–water partition coefficient (Wildman–Crippen LogP) is 5.46. The molecule has 25 heavy (non-hydrogen) atoms. The quantitative estimate of drug-likeness (QED) is 0.616. The Morgan fingerprint density at radius 2 is 1.80 bits per heavy atom. The zero-order chi connectivity index (χ0) is 17.8. The summed E-state index contributed by atoms with van der Waals surface area (Å²) >= 11 is 3.44. The largest absolute Gasteiger partial charge is 0.354 e. The van der Waals surface area contributed by atoms with Crippen LogP contribution < -0.4 is 10.6 Å². The van der Waals surface area contributed by atoms with Crippen LogP contribution in [0.4, 0.5) is 17.1 Å². The van der Waals surface area contributed by atoms with Crippen molar-refractivity contribution in [1.82, 2.24) is 4.98 Å². The first-order valence-corrected chi connectivity index (χ1v) is 8.67.